The summed E-state index contributed by atoms with van der Waals surface area (Å²) in [5.41, 5.74) is 7.47. The Labute approximate surface area is 143 Å². The van der Waals surface area contributed by atoms with Gasteiger partial charge in [0.25, 0.3) is 0 Å². The third kappa shape index (κ3) is 3.12. The molecule has 0 aliphatic rings. The highest BCUT2D eigenvalue weighted by atomic mass is 19.1. The molecule has 0 fully saturated rings. The van der Waals surface area contributed by atoms with Crippen LogP contribution >= 0.6 is 0 Å². The van der Waals surface area contributed by atoms with E-state index in [2.05, 4.69) is 4.98 Å². The number of rotatable bonds is 3. The molecule has 1 aromatic heterocycles. The number of benzene rings is 2. The lowest BCUT2D eigenvalue weighted by atomic mass is 9.98. The van der Waals surface area contributed by atoms with Crippen molar-refractivity contribution in [2.24, 2.45) is 0 Å². The van der Waals surface area contributed by atoms with Gasteiger partial charge in [-0.05, 0) is 42.5 Å². The maximum atomic E-state index is 14.2. The second-order valence-electron chi connectivity index (χ2n) is 5.28. The van der Waals surface area contributed by atoms with E-state index in [1.165, 1.54) is 6.07 Å². The smallest absolute Gasteiger partial charge is 0.142 e. The summed E-state index contributed by atoms with van der Waals surface area (Å²) in [6.45, 7) is 0. The van der Waals surface area contributed by atoms with Crippen LogP contribution in [0.3, 0.4) is 0 Å². The Morgan fingerprint density at radius 1 is 1.04 bits per heavy atom. The molecule has 0 spiro atoms. The van der Waals surface area contributed by atoms with Gasteiger partial charge in [0.1, 0.15) is 34.8 Å². The van der Waals surface area contributed by atoms with Crippen molar-refractivity contribution in [1.82, 2.24) is 4.98 Å². The second-order valence-corrected chi connectivity index (χ2v) is 5.28. The predicted molar refractivity (Wildman–Crippen MR) is 90.7 cm³/mol. The Bertz CT molecular complexity index is 979. The molecule has 25 heavy (non-hydrogen) atoms. The summed E-state index contributed by atoms with van der Waals surface area (Å²) in [6, 6.07) is 13.7. The molecule has 1 heterocycles. The number of anilines is 1. The van der Waals surface area contributed by atoms with Crippen LogP contribution in [0.1, 0.15) is 5.56 Å². The lowest BCUT2D eigenvalue weighted by Crippen LogP contribution is -2.01. The summed E-state index contributed by atoms with van der Waals surface area (Å²) < 4.78 is 32.5. The van der Waals surface area contributed by atoms with Gasteiger partial charge in [-0.25, -0.2) is 13.8 Å². The van der Waals surface area contributed by atoms with Crippen LogP contribution < -0.4 is 10.5 Å². The summed E-state index contributed by atoms with van der Waals surface area (Å²) in [5.74, 6) is -0.815. The number of methoxy groups -OCH3 is 1. The van der Waals surface area contributed by atoms with E-state index >= 15 is 0 Å². The Hall–Kier alpha value is -3.46. The fourth-order valence-corrected chi connectivity index (χ4v) is 2.51. The first kappa shape index (κ1) is 16.4. The highest BCUT2D eigenvalue weighted by Gasteiger charge is 2.16. The third-order valence-electron chi connectivity index (χ3n) is 3.77. The minimum atomic E-state index is -0.775. The van der Waals surface area contributed by atoms with Crippen LogP contribution in [0.15, 0.2) is 48.5 Å². The number of aromatic nitrogens is 1. The van der Waals surface area contributed by atoms with Gasteiger partial charge in [-0.1, -0.05) is 0 Å². The lowest BCUT2D eigenvalue weighted by molar-refractivity contribution is 0.415. The zero-order chi connectivity index (χ0) is 18.0. The molecule has 0 saturated heterocycles. The molecule has 3 rings (SSSR count). The minimum Gasteiger partial charge on any atom is -0.497 e. The summed E-state index contributed by atoms with van der Waals surface area (Å²) in [6.07, 6.45) is 0. The quantitative estimate of drug-likeness (QED) is 0.779. The van der Waals surface area contributed by atoms with E-state index in [9.17, 15) is 14.0 Å². The molecule has 0 aliphatic carbocycles. The topological polar surface area (TPSA) is 71.9 Å². The fourth-order valence-electron chi connectivity index (χ4n) is 2.51. The van der Waals surface area contributed by atoms with E-state index in [1.807, 2.05) is 6.07 Å². The Morgan fingerprint density at radius 2 is 1.76 bits per heavy atom. The maximum Gasteiger partial charge on any atom is 0.142 e. The molecule has 6 heteroatoms. The third-order valence-corrected chi connectivity index (χ3v) is 3.77. The van der Waals surface area contributed by atoms with Gasteiger partial charge < -0.3 is 10.5 Å². The molecule has 0 atom stereocenters. The molecular formula is C19H13F2N3O. The molecule has 0 radical (unpaired) electrons. The fraction of sp³-hybridized carbons (Fsp3) is 0.0526. The number of pyridine rings is 1. The van der Waals surface area contributed by atoms with Crippen LogP contribution in [0.25, 0.3) is 22.4 Å². The SMILES string of the molecule is COc1ccc(-c2cc(-c3ccc(F)cc3F)c(C#N)c(N)n2)cc1. The number of nitrogens with two attached hydrogens (primary N) is 1. The molecule has 124 valence electrons. The van der Waals surface area contributed by atoms with Crippen LogP contribution in [-0.2, 0) is 0 Å². The minimum absolute atomic E-state index is 0.0189. The molecule has 2 N–H and O–H groups in total. The Balaban J connectivity index is 2.20. The molecule has 0 amide bonds. The van der Waals surface area contributed by atoms with Gasteiger partial charge in [0, 0.05) is 22.8 Å². The molecule has 3 aromatic rings. The largest absolute Gasteiger partial charge is 0.497 e. The van der Waals surface area contributed by atoms with Crippen molar-refractivity contribution in [3.8, 4) is 34.2 Å². The van der Waals surface area contributed by atoms with Gasteiger partial charge in [-0.2, -0.15) is 5.26 Å². The molecule has 0 unspecified atom stereocenters. The normalized spacial score (nSPS) is 10.3. The van der Waals surface area contributed by atoms with Crippen LogP contribution in [-0.4, -0.2) is 12.1 Å². The summed E-state index contributed by atoms with van der Waals surface area (Å²) in [7, 11) is 1.56. The number of nitrogens with zero attached hydrogens (tertiary/aromatic N) is 2. The monoisotopic (exact) mass is 337 g/mol. The standard InChI is InChI=1S/C19H13F2N3O/c1-25-13-5-2-11(3-6-13)18-9-15(16(10-22)19(23)24-18)14-7-4-12(20)8-17(14)21/h2-9H,1H3,(H2,23,24). The van der Waals surface area contributed by atoms with Crippen molar-refractivity contribution in [3.05, 3.63) is 65.7 Å². The number of nitrogen functional groups attached to an aromatic ring is 1. The van der Waals surface area contributed by atoms with Gasteiger partial charge in [0.15, 0.2) is 0 Å². The van der Waals surface area contributed by atoms with E-state index in [4.69, 9.17) is 10.5 Å². The van der Waals surface area contributed by atoms with Crippen molar-refractivity contribution in [2.45, 2.75) is 0 Å². The van der Waals surface area contributed by atoms with Gasteiger partial charge in [0.05, 0.1) is 12.8 Å². The van der Waals surface area contributed by atoms with E-state index in [-0.39, 0.29) is 22.5 Å². The average Bonchev–Trinajstić information content (AvgIpc) is 2.61. The molecule has 0 aliphatic heterocycles. The number of hydrogen-bond donors (Lipinski definition) is 1. The Kier molecular flexibility index (Phi) is 4.31. The number of nitriles is 1. The van der Waals surface area contributed by atoms with Crippen LogP contribution in [0.2, 0.25) is 0 Å². The lowest BCUT2D eigenvalue weighted by Gasteiger charge is -2.11. The van der Waals surface area contributed by atoms with E-state index < -0.39 is 11.6 Å². The molecule has 4 nitrogen and oxygen atoms in total. The number of halogens is 2. The summed E-state index contributed by atoms with van der Waals surface area (Å²) in [5, 5.41) is 9.35. The number of hydrogen-bond acceptors (Lipinski definition) is 4. The second kappa shape index (κ2) is 6.57. The van der Waals surface area contributed by atoms with Gasteiger partial charge in [-0.15, -0.1) is 0 Å². The molecule has 2 aromatic carbocycles. The van der Waals surface area contributed by atoms with E-state index in [1.54, 1.807) is 37.4 Å². The van der Waals surface area contributed by atoms with Gasteiger partial charge >= 0.3 is 0 Å². The van der Waals surface area contributed by atoms with E-state index in [0.717, 1.165) is 17.7 Å². The Morgan fingerprint density at radius 3 is 2.36 bits per heavy atom. The van der Waals surface area contributed by atoms with Crippen molar-refractivity contribution in [1.29, 1.82) is 5.26 Å². The van der Waals surface area contributed by atoms with Crippen molar-refractivity contribution in [3.63, 3.8) is 0 Å². The zero-order valence-corrected chi connectivity index (χ0v) is 13.3. The zero-order valence-electron chi connectivity index (χ0n) is 13.3. The van der Waals surface area contributed by atoms with Gasteiger partial charge in [0.2, 0.25) is 0 Å². The summed E-state index contributed by atoms with van der Waals surface area (Å²) in [4.78, 5) is 4.22. The van der Waals surface area contributed by atoms with Crippen molar-refractivity contribution in [2.75, 3.05) is 12.8 Å². The van der Waals surface area contributed by atoms with Gasteiger partial charge in [-0.3, -0.25) is 0 Å². The highest BCUT2D eigenvalue weighted by Crippen LogP contribution is 2.33. The molecular weight excluding hydrogens is 324 g/mol. The first-order chi connectivity index (χ1) is 12.0. The van der Waals surface area contributed by atoms with Crippen LogP contribution in [0, 0.1) is 23.0 Å². The highest BCUT2D eigenvalue weighted by molar-refractivity contribution is 5.80. The van der Waals surface area contributed by atoms with E-state index in [0.29, 0.717) is 11.4 Å². The molecule has 0 bridgehead atoms. The van der Waals surface area contributed by atoms with Crippen molar-refractivity contribution < 1.29 is 13.5 Å². The maximum absolute atomic E-state index is 14.2. The first-order valence-corrected chi connectivity index (χ1v) is 7.34. The average molecular weight is 337 g/mol. The summed E-state index contributed by atoms with van der Waals surface area (Å²) >= 11 is 0. The predicted octanol–water partition coefficient (Wildman–Crippen LogP) is 4.16. The van der Waals surface area contributed by atoms with Crippen LogP contribution in [0.5, 0.6) is 5.75 Å². The molecule has 0 saturated carbocycles. The van der Waals surface area contributed by atoms with Crippen LogP contribution in [0.4, 0.5) is 14.6 Å². The first-order valence-electron chi connectivity index (χ1n) is 7.34. The van der Waals surface area contributed by atoms with Crippen molar-refractivity contribution >= 4 is 5.82 Å². The number of ether oxygens (including phenoxy) is 1.